The van der Waals surface area contributed by atoms with Crippen LogP contribution in [0.5, 0.6) is 0 Å². The fraction of sp³-hybridized carbons (Fsp3) is 0.471. The van der Waals surface area contributed by atoms with Crippen molar-refractivity contribution in [2.75, 3.05) is 0 Å². The minimum atomic E-state index is -1.99. The van der Waals surface area contributed by atoms with E-state index < -0.39 is 14.3 Å². The molecule has 0 saturated carbocycles. The number of carbonyl (C=O) groups is 1. The first-order valence-corrected chi connectivity index (χ1v) is 10.3. The van der Waals surface area contributed by atoms with E-state index in [1.54, 1.807) is 6.07 Å². The molecule has 0 radical (unpaired) electrons. The third-order valence-electron chi connectivity index (χ3n) is 4.65. The maximum atomic E-state index is 13.5. The van der Waals surface area contributed by atoms with Crippen LogP contribution in [-0.2, 0) is 9.22 Å². The minimum Gasteiger partial charge on any atom is -0.478 e. The number of aliphatic carboxylic acids is 1. The van der Waals surface area contributed by atoms with E-state index >= 15 is 0 Å². The lowest BCUT2D eigenvalue weighted by atomic mass is 10.1. The van der Waals surface area contributed by atoms with Crippen LogP contribution < -0.4 is 0 Å². The van der Waals surface area contributed by atoms with Crippen molar-refractivity contribution in [1.82, 2.24) is 0 Å². The number of carboxylic acids is 1. The molecule has 22 heavy (non-hydrogen) atoms. The Balaban J connectivity index is 2.40. The van der Waals surface area contributed by atoms with E-state index in [1.165, 1.54) is 12.1 Å². The molecule has 0 heterocycles. The molecule has 2 rings (SSSR count). The monoisotopic (exact) mass is 322 g/mol. The van der Waals surface area contributed by atoms with Crippen LogP contribution in [-0.4, -0.2) is 19.4 Å². The molecule has 1 aliphatic rings. The van der Waals surface area contributed by atoms with Gasteiger partial charge in [0.15, 0.2) is 8.32 Å². The van der Waals surface area contributed by atoms with Crippen LogP contribution in [0.3, 0.4) is 0 Å². The summed E-state index contributed by atoms with van der Waals surface area (Å²) in [6.07, 6.45) is 1.45. The van der Waals surface area contributed by atoms with Crippen molar-refractivity contribution < 1.29 is 18.7 Å². The molecule has 5 heteroatoms. The number of carboxylic acid groups (broad SMARTS) is 1. The van der Waals surface area contributed by atoms with Gasteiger partial charge in [-0.1, -0.05) is 26.8 Å². The minimum absolute atomic E-state index is 0.0620. The van der Waals surface area contributed by atoms with Gasteiger partial charge in [0.1, 0.15) is 5.82 Å². The average molecular weight is 322 g/mol. The molecule has 1 atom stereocenters. The largest absolute Gasteiger partial charge is 0.478 e. The zero-order chi connectivity index (χ0) is 16.7. The molecule has 0 amide bonds. The summed E-state index contributed by atoms with van der Waals surface area (Å²) >= 11 is 0. The molecule has 0 aromatic heterocycles. The molecule has 0 saturated heterocycles. The van der Waals surface area contributed by atoms with Crippen molar-refractivity contribution in [1.29, 1.82) is 0 Å². The lowest BCUT2D eigenvalue weighted by Gasteiger charge is -2.38. The van der Waals surface area contributed by atoms with E-state index in [9.17, 15) is 9.18 Å². The summed E-state index contributed by atoms with van der Waals surface area (Å²) in [4.78, 5) is 11.0. The smallest absolute Gasteiger partial charge is 0.328 e. The Morgan fingerprint density at radius 2 is 2.05 bits per heavy atom. The van der Waals surface area contributed by atoms with E-state index in [-0.39, 0.29) is 17.0 Å². The Morgan fingerprint density at radius 1 is 1.41 bits per heavy atom. The van der Waals surface area contributed by atoms with Gasteiger partial charge in [-0.2, -0.15) is 0 Å². The van der Waals surface area contributed by atoms with Crippen LogP contribution in [0.1, 0.15) is 44.4 Å². The molecular weight excluding hydrogens is 299 g/mol. The summed E-state index contributed by atoms with van der Waals surface area (Å²) in [6, 6.07) is 4.52. The van der Waals surface area contributed by atoms with Gasteiger partial charge in [-0.05, 0) is 47.0 Å². The summed E-state index contributed by atoms with van der Waals surface area (Å²) in [5, 5.41) is 9.08. The summed E-state index contributed by atoms with van der Waals surface area (Å²) in [6.45, 7) is 10.8. The Morgan fingerprint density at radius 3 is 2.59 bits per heavy atom. The van der Waals surface area contributed by atoms with Gasteiger partial charge in [-0.25, -0.2) is 9.18 Å². The van der Waals surface area contributed by atoms with Crippen LogP contribution in [0.15, 0.2) is 24.3 Å². The maximum Gasteiger partial charge on any atom is 0.328 e. The number of hydrogen-bond acceptors (Lipinski definition) is 2. The van der Waals surface area contributed by atoms with Crippen molar-refractivity contribution in [2.24, 2.45) is 0 Å². The maximum absolute atomic E-state index is 13.5. The Kier molecular flexibility index (Phi) is 4.32. The highest BCUT2D eigenvalue weighted by Gasteiger charge is 2.41. The zero-order valence-electron chi connectivity index (χ0n) is 13.7. The van der Waals surface area contributed by atoms with Gasteiger partial charge in [-0.15, -0.1) is 0 Å². The molecule has 0 aliphatic heterocycles. The van der Waals surface area contributed by atoms with Gasteiger partial charge in [0.05, 0.1) is 6.10 Å². The fourth-order valence-electron chi connectivity index (χ4n) is 2.43. The van der Waals surface area contributed by atoms with E-state index in [2.05, 4.69) is 33.9 Å². The highest BCUT2D eigenvalue weighted by molar-refractivity contribution is 6.74. The average Bonchev–Trinajstić information content (AvgIpc) is 2.64. The van der Waals surface area contributed by atoms with Crippen LogP contribution >= 0.6 is 0 Å². The second kappa shape index (κ2) is 5.63. The van der Waals surface area contributed by atoms with Crippen molar-refractivity contribution >= 4 is 19.9 Å². The lowest BCUT2D eigenvalue weighted by Crippen LogP contribution is -2.41. The molecule has 120 valence electrons. The van der Waals surface area contributed by atoms with Gasteiger partial charge < -0.3 is 9.53 Å². The molecule has 1 unspecified atom stereocenters. The van der Waals surface area contributed by atoms with Crippen molar-refractivity contribution in [3.63, 3.8) is 0 Å². The highest BCUT2D eigenvalue weighted by Crippen LogP contribution is 2.47. The van der Waals surface area contributed by atoms with Crippen LogP contribution in [0.2, 0.25) is 18.1 Å². The number of halogens is 1. The predicted molar refractivity (Wildman–Crippen MR) is 87.7 cm³/mol. The number of fused-ring (bicyclic) bond motifs is 1. The fourth-order valence-corrected chi connectivity index (χ4v) is 3.71. The molecule has 0 bridgehead atoms. The quantitative estimate of drug-likeness (QED) is 0.644. The normalized spacial score (nSPS) is 20.3. The van der Waals surface area contributed by atoms with Crippen molar-refractivity contribution in [3.05, 3.63) is 41.2 Å². The lowest BCUT2D eigenvalue weighted by molar-refractivity contribution is -0.131. The molecule has 1 N–H and O–H groups in total. The first-order valence-electron chi connectivity index (χ1n) is 7.42. The van der Waals surface area contributed by atoms with Gasteiger partial charge in [0, 0.05) is 12.5 Å². The number of benzene rings is 1. The Hall–Kier alpha value is -1.46. The third-order valence-corrected chi connectivity index (χ3v) is 9.14. The zero-order valence-corrected chi connectivity index (χ0v) is 14.7. The van der Waals surface area contributed by atoms with Crippen LogP contribution in [0.4, 0.5) is 4.39 Å². The second-order valence-electron chi connectivity index (χ2n) is 7.31. The standard InChI is InChI=1S/C17H23FO3Si/c1-17(2,3)22(4,5)21-15-8-11(9-16(19)20)14-10-12(18)6-7-13(14)15/h6-7,9-10,15H,8H2,1-5H3,(H,19,20)/b11-9-. The molecule has 3 nitrogen and oxygen atoms in total. The van der Waals surface area contributed by atoms with Crippen LogP contribution in [0, 0.1) is 5.82 Å². The van der Waals surface area contributed by atoms with Crippen LogP contribution in [0.25, 0.3) is 5.57 Å². The molecule has 1 aromatic rings. The van der Waals surface area contributed by atoms with E-state index in [0.717, 1.165) is 11.6 Å². The van der Waals surface area contributed by atoms with Crippen molar-refractivity contribution in [2.45, 2.75) is 51.4 Å². The summed E-state index contributed by atoms with van der Waals surface area (Å²) in [7, 11) is -1.99. The van der Waals surface area contributed by atoms with E-state index in [0.29, 0.717) is 17.6 Å². The number of rotatable bonds is 3. The van der Waals surface area contributed by atoms with Gasteiger partial charge in [0.2, 0.25) is 0 Å². The molecular formula is C17H23FO3Si. The first kappa shape index (κ1) is 16.9. The highest BCUT2D eigenvalue weighted by atomic mass is 28.4. The molecule has 0 fully saturated rings. The Labute approximate surface area is 131 Å². The molecule has 1 aliphatic carbocycles. The van der Waals surface area contributed by atoms with Gasteiger partial charge in [0.25, 0.3) is 0 Å². The second-order valence-corrected chi connectivity index (χ2v) is 12.1. The SMILES string of the molecule is CC(C)(C)[Si](C)(C)OC1C/C(=C/C(=O)O)c2cc(F)ccc21. The summed E-state index contributed by atoms with van der Waals surface area (Å²) in [5.41, 5.74) is 2.18. The topological polar surface area (TPSA) is 46.5 Å². The van der Waals surface area contributed by atoms with Crippen molar-refractivity contribution in [3.8, 4) is 0 Å². The Bertz CT molecular complexity index is 629. The summed E-state index contributed by atoms with van der Waals surface area (Å²) in [5.74, 6) is -1.37. The molecule has 0 spiro atoms. The van der Waals surface area contributed by atoms with Gasteiger partial charge in [-0.3, -0.25) is 0 Å². The number of hydrogen-bond donors (Lipinski definition) is 1. The van der Waals surface area contributed by atoms with E-state index in [4.69, 9.17) is 9.53 Å². The van der Waals surface area contributed by atoms with Gasteiger partial charge >= 0.3 is 5.97 Å². The summed E-state index contributed by atoms with van der Waals surface area (Å²) < 4.78 is 19.9. The predicted octanol–water partition coefficient (Wildman–Crippen LogP) is 4.76. The third kappa shape index (κ3) is 3.30. The molecule has 1 aromatic carbocycles. The first-order chi connectivity index (χ1) is 10.0. The van der Waals surface area contributed by atoms with E-state index in [1.807, 2.05) is 0 Å².